The van der Waals surface area contributed by atoms with Gasteiger partial charge in [0.15, 0.2) is 6.61 Å². The third-order valence-electron chi connectivity index (χ3n) is 5.53. The lowest BCUT2D eigenvalue weighted by molar-refractivity contribution is -0.151. The second-order valence-corrected chi connectivity index (χ2v) is 7.73. The van der Waals surface area contributed by atoms with E-state index in [1.807, 2.05) is 49.4 Å². The molecule has 0 radical (unpaired) electrons. The van der Waals surface area contributed by atoms with Crippen LogP contribution in [0.1, 0.15) is 29.5 Å². The molecular formula is C23H24N2O4. The minimum atomic E-state index is -0.559. The largest absolute Gasteiger partial charge is 0.455 e. The van der Waals surface area contributed by atoms with Crippen molar-refractivity contribution in [1.82, 2.24) is 0 Å². The summed E-state index contributed by atoms with van der Waals surface area (Å²) in [4.78, 5) is 38.4. The normalized spacial score (nSPS) is 17.9. The number of fused-ring (bicyclic) bond motifs is 1. The molecule has 2 amide bonds. The molecule has 2 aromatic carbocycles. The number of hydrogen-bond donors (Lipinski definition) is 1. The molecule has 1 N–H and O–H groups in total. The number of amides is 2. The molecule has 1 aliphatic carbocycles. The fourth-order valence-corrected chi connectivity index (χ4v) is 3.94. The van der Waals surface area contributed by atoms with E-state index in [-0.39, 0.29) is 31.4 Å². The van der Waals surface area contributed by atoms with Crippen LogP contribution in [0.5, 0.6) is 0 Å². The molecule has 0 spiro atoms. The van der Waals surface area contributed by atoms with Crippen LogP contribution in [0.4, 0.5) is 11.4 Å². The van der Waals surface area contributed by atoms with Gasteiger partial charge in [-0.05, 0) is 61.6 Å². The van der Waals surface area contributed by atoms with Gasteiger partial charge in [-0.3, -0.25) is 14.4 Å². The zero-order chi connectivity index (χ0) is 20.4. The Labute approximate surface area is 169 Å². The summed E-state index contributed by atoms with van der Waals surface area (Å²) in [6.45, 7) is 1.89. The quantitative estimate of drug-likeness (QED) is 0.794. The molecule has 1 fully saturated rings. The van der Waals surface area contributed by atoms with Gasteiger partial charge in [-0.1, -0.05) is 23.8 Å². The van der Waals surface area contributed by atoms with E-state index in [4.69, 9.17) is 4.74 Å². The first-order valence-corrected chi connectivity index (χ1v) is 9.95. The Kier molecular flexibility index (Phi) is 5.34. The van der Waals surface area contributed by atoms with Gasteiger partial charge in [0.25, 0.3) is 5.91 Å². The van der Waals surface area contributed by atoms with Crippen LogP contribution >= 0.6 is 0 Å². The number of benzene rings is 2. The maximum atomic E-state index is 12.4. The third-order valence-corrected chi connectivity index (χ3v) is 5.53. The van der Waals surface area contributed by atoms with Gasteiger partial charge in [-0.15, -0.1) is 0 Å². The van der Waals surface area contributed by atoms with Gasteiger partial charge < -0.3 is 15.0 Å². The van der Waals surface area contributed by atoms with Crippen molar-refractivity contribution in [3.05, 3.63) is 59.2 Å². The van der Waals surface area contributed by atoms with E-state index in [1.54, 1.807) is 4.90 Å². The monoisotopic (exact) mass is 392 g/mol. The number of nitrogens with zero attached hydrogens (tertiary/aromatic N) is 1. The van der Waals surface area contributed by atoms with Crippen LogP contribution in [0, 0.1) is 12.8 Å². The molecule has 0 unspecified atom stereocenters. The average molecular weight is 392 g/mol. The first-order chi connectivity index (χ1) is 14.0. The standard InChI is InChI=1S/C23H24N2O4/c1-15-5-9-20(10-6-15)25-13-18(12-22(25)27)23(28)29-14-21(26)24-19-8-7-16-3-2-4-17(16)11-19/h5-11,18H,2-4,12-14H2,1H3,(H,24,26)/t18-/m0/s1. The lowest BCUT2D eigenvalue weighted by Crippen LogP contribution is -2.28. The average Bonchev–Trinajstić information content (AvgIpc) is 3.33. The highest BCUT2D eigenvalue weighted by atomic mass is 16.5. The second kappa shape index (κ2) is 8.07. The summed E-state index contributed by atoms with van der Waals surface area (Å²) in [7, 11) is 0. The van der Waals surface area contributed by atoms with Crippen LogP contribution in [-0.4, -0.2) is 30.9 Å². The van der Waals surface area contributed by atoms with Crippen molar-refractivity contribution >= 4 is 29.2 Å². The van der Waals surface area contributed by atoms with E-state index in [9.17, 15) is 14.4 Å². The smallest absolute Gasteiger partial charge is 0.311 e. The number of hydrogen-bond acceptors (Lipinski definition) is 4. The topological polar surface area (TPSA) is 75.7 Å². The first kappa shape index (κ1) is 19.2. The fourth-order valence-electron chi connectivity index (χ4n) is 3.94. The SMILES string of the molecule is Cc1ccc(N2C[C@@H](C(=O)OCC(=O)Nc3ccc4c(c3)CCC4)CC2=O)cc1. The number of nitrogens with one attached hydrogen (secondary N) is 1. The molecule has 1 heterocycles. The lowest BCUT2D eigenvalue weighted by atomic mass is 10.1. The van der Waals surface area contributed by atoms with E-state index < -0.39 is 11.9 Å². The Balaban J connectivity index is 1.29. The Bertz CT molecular complexity index is 952. The molecule has 1 saturated heterocycles. The Hall–Kier alpha value is -3.15. The molecule has 6 heteroatoms. The van der Waals surface area contributed by atoms with Crippen molar-refractivity contribution in [2.24, 2.45) is 5.92 Å². The summed E-state index contributed by atoms with van der Waals surface area (Å²) in [5.41, 5.74) is 5.18. The van der Waals surface area contributed by atoms with E-state index in [1.165, 1.54) is 11.1 Å². The molecule has 1 atom stereocenters. The maximum absolute atomic E-state index is 12.4. The summed E-state index contributed by atoms with van der Waals surface area (Å²) in [6, 6.07) is 13.5. The Morgan fingerprint density at radius 1 is 1.10 bits per heavy atom. The number of ether oxygens (including phenoxy) is 1. The third kappa shape index (κ3) is 4.31. The van der Waals surface area contributed by atoms with Crippen LogP contribution in [0.15, 0.2) is 42.5 Å². The highest BCUT2D eigenvalue weighted by molar-refractivity contribution is 6.00. The number of rotatable bonds is 5. The van der Waals surface area contributed by atoms with E-state index in [0.717, 1.165) is 30.5 Å². The summed E-state index contributed by atoms with van der Waals surface area (Å²) >= 11 is 0. The predicted octanol–water partition coefficient (Wildman–Crippen LogP) is 3.02. The van der Waals surface area contributed by atoms with Gasteiger partial charge >= 0.3 is 5.97 Å². The molecule has 2 aromatic rings. The van der Waals surface area contributed by atoms with Gasteiger partial charge in [0.2, 0.25) is 5.91 Å². The van der Waals surface area contributed by atoms with Gasteiger partial charge in [-0.2, -0.15) is 0 Å². The van der Waals surface area contributed by atoms with Crippen LogP contribution < -0.4 is 10.2 Å². The van der Waals surface area contributed by atoms with Gasteiger partial charge in [-0.25, -0.2) is 0 Å². The molecule has 0 aromatic heterocycles. The van der Waals surface area contributed by atoms with Crippen LogP contribution in [0.2, 0.25) is 0 Å². The molecule has 0 saturated carbocycles. The van der Waals surface area contributed by atoms with Gasteiger partial charge in [0, 0.05) is 24.3 Å². The highest BCUT2D eigenvalue weighted by Gasteiger charge is 2.36. The molecule has 6 nitrogen and oxygen atoms in total. The Morgan fingerprint density at radius 3 is 2.66 bits per heavy atom. The highest BCUT2D eigenvalue weighted by Crippen LogP contribution is 2.27. The molecule has 0 bridgehead atoms. The van der Waals surface area contributed by atoms with Crippen molar-refractivity contribution in [1.29, 1.82) is 0 Å². The maximum Gasteiger partial charge on any atom is 0.311 e. The van der Waals surface area contributed by atoms with Gasteiger partial charge in [0.05, 0.1) is 5.92 Å². The molecule has 150 valence electrons. The van der Waals surface area contributed by atoms with Crippen LogP contribution in [-0.2, 0) is 32.0 Å². The van der Waals surface area contributed by atoms with E-state index >= 15 is 0 Å². The number of carbonyl (C=O) groups is 3. The molecular weight excluding hydrogens is 368 g/mol. The molecule has 29 heavy (non-hydrogen) atoms. The van der Waals surface area contributed by atoms with Crippen molar-refractivity contribution in [3.8, 4) is 0 Å². The number of carbonyl (C=O) groups excluding carboxylic acids is 3. The zero-order valence-electron chi connectivity index (χ0n) is 16.4. The molecule has 4 rings (SSSR count). The van der Waals surface area contributed by atoms with Crippen molar-refractivity contribution in [3.63, 3.8) is 0 Å². The summed E-state index contributed by atoms with van der Waals surface area (Å²) < 4.78 is 5.17. The molecule has 2 aliphatic rings. The second-order valence-electron chi connectivity index (χ2n) is 7.73. The summed E-state index contributed by atoms with van der Waals surface area (Å²) in [5, 5.41) is 2.77. The number of anilines is 2. The predicted molar refractivity (Wildman–Crippen MR) is 110 cm³/mol. The van der Waals surface area contributed by atoms with Crippen molar-refractivity contribution in [2.45, 2.75) is 32.6 Å². The van der Waals surface area contributed by atoms with E-state index in [2.05, 4.69) is 5.32 Å². The van der Waals surface area contributed by atoms with Crippen LogP contribution in [0.3, 0.4) is 0 Å². The van der Waals surface area contributed by atoms with Crippen molar-refractivity contribution in [2.75, 3.05) is 23.4 Å². The minimum Gasteiger partial charge on any atom is -0.455 e. The fraction of sp³-hybridized carbons (Fsp3) is 0.348. The minimum absolute atomic E-state index is 0.0964. The number of aryl methyl sites for hydroxylation is 3. The first-order valence-electron chi connectivity index (χ1n) is 9.95. The zero-order valence-corrected chi connectivity index (χ0v) is 16.4. The van der Waals surface area contributed by atoms with Crippen LogP contribution in [0.25, 0.3) is 0 Å². The molecule has 1 aliphatic heterocycles. The summed E-state index contributed by atoms with van der Waals surface area (Å²) in [6.07, 6.45) is 3.35. The number of esters is 1. The summed E-state index contributed by atoms with van der Waals surface area (Å²) in [5.74, 6) is -1.57. The Morgan fingerprint density at radius 2 is 1.86 bits per heavy atom. The van der Waals surface area contributed by atoms with E-state index in [0.29, 0.717) is 5.69 Å². The lowest BCUT2D eigenvalue weighted by Gasteiger charge is -2.16. The van der Waals surface area contributed by atoms with Crippen molar-refractivity contribution < 1.29 is 19.1 Å². The van der Waals surface area contributed by atoms with Gasteiger partial charge in [0.1, 0.15) is 0 Å².